The molecule has 0 atom stereocenters. The van der Waals surface area contributed by atoms with Crippen molar-refractivity contribution in [3.8, 4) is 11.8 Å². The number of hydrogen-bond acceptors (Lipinski definition) is 5. The summed E-state index contributed by atoms with van der Waals surface area (Å²) in [6.45, 7) is 1.18. The second-order valence-electron chi connectivity index (χ2n) is 5.95. The van der Waals surface area contributed by atoms with Gasteiger partial charge in [-0.25, -0.2) is 4.98 Å². The van der Waals surface area contributed by atoms with Gasteiger partial charge >= 0.3 is 5.69 Å². The summed E-state index contributed by atoms with van der Waals surface area (Å²) < 4.78 is 0. The van der Waals surface area contributed by atoms with Crippen molar-refractivity contribution in [2.45, 2.75) is 18.9 Å². The highest BCUT2D eigenvalue weighted by atomic mass is 16.6. The van der Waals surface area contributed by atoms with E-state index in [1.54, 1.807) is 12.3 Å². The second-order valence-corrected chi connectivity index (χ2v) is 5.95. The first-order valence-electron chi connectivity index (χ1n) is 8.35. The summed E-state index contributed by atoms with van der Waals surface area (Å²) >= 11 is 0. The molecular weight excluding hydrogens is 332 g/mol. The Morgan fingerprint density at radius 2 is 1.92 bits per heavy atom. The minimum absolute atomic E-state index is 0.00344. The van der Waals surface area contributed by atoms with Gasteiger partial charge in [-0.15, -0.1) is 0 Å². The molecule has 0 saturated carbocycles. The Kier molecular flexibility index (Phi) is 5.44. The number of amides is 1. The Balaban J connectivity index is 1.55. The van der Waals surface area contributed by atoms with Crippen molar-refractivity contribution in [2.75, 3.05) is 18.0 Å². The minimum atomic E-state index is -0.421. The smallest absolute Gasteiger partial charge is 0.311 e. The molecule has 0 radical (unpaired) electrons. The monoisotopic (exact) mass is 350 g/mol. The molecule has 1 N–H and O–H groups in total. The number of nitro groups is 1. The summed E-state index contributed by atoms with van der Waals surface area (Å²) in [7, 11) is 0. The molecule has 0 bridgehead atoms. The number of carbonyl (C=O) groups is 1. The summed E-state index contributed by atoms with van der Waals surface area (Å²) in [5, 5.41) is 14.0. The molecule has 1 aliphatic rings. The van der Waals surface area contributed by atoms with Crippen LogP contribution >= 0.6 is 0 Å². The molecule has 1 fully saturated rings. The molecule has 26 heavy (non-hydrogen) atoms. The van der Waals surface area contributed by atoms with Crippen LogP contribution in [0.3, 0.4) is 0 Å². The molecule has 1 saturated heterocycles. The molecule has 0 aliphatic carbocycles. The quantitative estimate of drug-likeness (QED) is 0.520. The van der Waals surface area contributed by atoms with Crippen molar-refractivity contribution in [3.05, 3.63) is 64.3 Å². The Bertz CT molecular complexity index is 850. The van der Waals surface area contributed by atoms with Crippen LogP contribution < -0.4 is 10.2 Å². The fourth-order valence-corrected chi connectivity index (χ4v) is 2.88. The SMILES string of the molecule is O=C(C#Cc1ccccc1)NC1CCN(c2ncccc2[N+](=O)[O-])CC1. The first-order valence-corrected chi connectivity index (χ1v) is 8.35. The van der Waals surface area contributed by atoms with E-state index >= 15 is 0 Å². The van der Waals surface area contributed by atoms with Crippen LogP contribution in [0.5, 0.6) is 0 Å². The maximum absolute atomic E-state index is 12.0. The summed E-state index contributed by atoms with van der Waals surface area (Å²) in [4.78, 5) is 28.7. The van der Waals surface area contributed by atoms with Crippen LogP contribution in [0.4, 0.5) is 11.5 Å². The van der Waals surface area contributed by atoms with Gasteiger partial charge in [0, 0.05) is 42.9 Å². The van der Waals surface area contributed by atoms with Gasteiger partial charge in [0.25, 0.3) is 5.91 Å². The van der Waals surface area contributed by atoms with E-state index in [-0.39, 0.29) is 17.6 Å². The zero-order chi connectivity index (χ0) is 18.4. The average Bonchev–Trinajstić information content (AvgIpc) is 2.68. The van der Waals surface area contributed by atoms with Crippen molar-refractivity contribution in [3.63, 3.8) is 0 Å². The van der Waals surface area contributed by atoms with Gasteiger partial charge in [-0.05, 0) is 31.0 Å². The highest BCUT2D eigenvalue weighted by Gasteiger charge is 2.26. The van der Waals surface area contributed by atoms with Crippen LogP contribution in [-0.4, -0.2) is 34.9 Å². The van der Waals surface area contributed by atoms with Crippen LogP contribution in [0.1, 0.15) is 18.4 Å². The topological polar surface area (TPSA) is 88.4 Å². The highest BCUT2D eigenvalue weighted by molar-refractivity contribution is 5.94. The Morgan fingerprint density at radius 1 is 1.19 bits per heavy atom. The third-order valence-corrected chi connectivity index (χ3v) is 4.19. The molecule has 0 unspecified atom stereocenters. The molecule has 2 aromatic rings. The Morgan fingerprint density at radius 3 is 2.62 bits per heavy atom. The van der Waals surface area contributed by atoms with Crippen LogP contribution in [0.25, 0.3) is 0 Å². The lowest BCUT2D eigenvalue weighted by Gasteiger charge is -2.32. The van der Waals surface area contributed by atoms with Crippen LogP contribution in [0.2, 0.25) is 0 Å². The fourth-order valence-electron chi connectivity index (χ4n) is 2.88. The summed E-state index contributed by atoms with van der Waals surface area (Å²) in [5.41, 5.74) is 0.795. The summed E-state index contributed by atoms with van der Waals surface area (Å²) in [6, 6.07) is 12.3. The number of carbonyl (C=O) groups excluding carboxylic acids is 1. The van der Waals surface area contributed by atoms with Crippen molar-refractivity contribution < 1.29 is 9.72 Å². The number of hydrogen-bond donors (Lipinski definition) is 1. The number of benzene rings is 1. The Hall–Kier alpha value is -3.40. The number of rotatable bonds is 3. The maximum Gasteiger partial charge on any atom is 0.311 e. The molecule has 2 heterocycles. The zero-order valence-corrected chi connectivity index (χ0v) is 14.1. The molecule has 132 valence electrons. The van der Waals surface area contributed by atoms with E-state index in [1.165, 1.54) is 6.07 Å². The van der Waals surface area contributed by atoms with Gasteiger partial charge in [-0.1, -0.05) is 24.1 Å². The first-order chi connectivity index (χ1) is 12.6. The lowest BCUT2D eigenvalue weighted by Crippen LogP contribution is -2.44. The number of aromatic nitrogens is 1. The van der Waals surface area contributed by atoms with Gasteiger partial charge in [0.05, 0.1) is 4.92 Å². The van der Waals surface area contributed by atoms with E-state index < -0.39 is 4.92 Å². The number of pyridine rings is 1. The maximum atomic E-state index is 12.0. The third-order valence-electron chi connectivity index (χ3n) is 4.19. The van der Waals surface area contributed by atoms with E-state index in [1.807, 2.05) is 35.2 Å². The van der Waals surface area contributed by atoms with Gasteiger partial charge in [0.2, 0.25) is 5.82 Å². The standard InChI is InChI=1S/C19H18N4O3/c24-18(9-8-15-5-2-1-3-6-15)21-16-10-13-22(14-11-16)19-17(23(25)26)7-4-12-20-19/h1-7,12,16H,10-11,13-14H2,(H,21,24). The first kappa shape index (κ1) is 17.4. The van der Waals surface area contributed by atoms with E-state index in [0.717, 1.165) is 5.56 Å². The highest BCUT2D eigenvalue weighted by Crippen LogP contribution is 2.27. The van der Waals surface area contributed by atoms with Crippen molar-refractivity contribution in [1.82, 2.24) is 10.3 Å². The number of piperidine rings is 1. The predicted molar refractivity (Wildman–Crippen MR) is 97.6 cm³/mol. The van der Waals surface area contributed by atoms with E-state index in [0.29, 0.717) is 31.7 Å². The van der Waals surface area contributed by atoms with Crippen LogP contribution in [-0.2, 0) is 4.79 Å². The third kappa shape index (κ3) is 4.36. The van der Waals surface area contributed by atoms with Crippen LogP contribution in [0.15, 0.2) is 48.7 Å². The van der Waals surface area contributed by atoms with Crippen molar-refractivity contribution >= 4 is 17.4 Å². The number of nitrogens with one attached hydrogen (secondary N) is 1. The largest absolute Gasteiger partial charge is 0.351 e. The van der Waals surface area contributed by atoms with Gasteiger partial charge in [-0.3, -0.25) is 14.9 Å². The van der Waals surface area contributed by atoms with E-state index in [4.69, 9.17) is 0 Å². The van der Waals surface area contributed by atoms with E-state index in [9.17, 15) is 14.9 Å². The van der Waals surface area contributed by atoms with Gasteiger partial charge < -0.3 is 10.2 Å². The summed E-state index contributed by atoms with van der Waals surface area (Å²) in [5.74, 6) is 5.50. The molecule has 7 nitrogen and oxygen atoms in total. The van der Waals surface area contributed by atoms with Crippen molar-refractivity contribution in [1.29, 1.82) is 0 Å². The van der Waals surface area contributed by atoms with Gasteiger partial charge in [-0.2, -0.15) is 0 Å². The fraction of sp³-hybridized carbons (Fsp3) is 0.263. The number of nitrogens with zero attached hydrogens (tertiary/aromatic N) is 3. The second kappa shape index (κ2) is 8.12. The molecular formula is C19H18N4O3. The van der Waals surface area contributed by atoms with Gasteiger partial charge in [0.1, 0.15) is 0 Å². The molecule has 7 heteroatoms. The zero-order valence-electron chi connectivity index (χ0n) is 14.1. The molecule has 3 rings (SSSR count). The molecule has 1 amide bonds. The molecule has 1 aromatic carbocycles. The summed E-state index contributed by atoms with van der Waals surface area (Å²) in [6.07, 6.45) is 2.92. The van der Waals surface area contributed by atoms with Crippen LogP contribution in [0, 0.1) is 22.0 Å². The normalized spacial score (nSPS) is 14.2. The predicted octanol–water partition coefficient (Wildman–Crippen LogP) is 2.13. The molecule has 1 aliphatic heterocycles. The Labute approximate surface area is 151 Å². The van der Waals surface area contributed by atoms with E-state index in [2.05, 4.69) is 22.1 Å². The lowest BCUT2D eigenvalue weighted by molar-refractivity contribution is -0.384. The lowest BCUT2D eigenvalue weighted by atomic mass is 10.0. The minimum Gasteiger partial charge on any atom is -0.351 e. The van der Waals surface area contributed by atoms with Gasteiger partial charge in [0.15, 0.2) is 0 Å². The molecule has 1 aromatic heterocycles. The molecule has 0 spiro atoms. The number of anilines is 1. The average molecular weight is 350 g/mol. The van der Waals surface area contributed by atoms with Crippen molar-refractivity contribution in [2.24, 2.45) is 0 Å².